The first kappa shape index (κ1) is 20.2. The molecule has 2 N–H and O–H groups in total. The molecule has 4 rings (SSSR count). The molecule has 0 bridgehead atoms. The van der Waals surface area contributed by atoms with E-state index in [1.165, 1.54) is 4.90 Å². The molecule has 1 atom stereocenters. The predicted octanol–water partition coefficient (Wildman–Crippen LogP) is 4.88. The fourth-order valence-electron chi connectivity index (χ4n) is 3.69. The van der Waals surface area contributed by atoms with Crippen LogP contribution in [0.1, 0.15) is 18.5 Å². The van der Waals surface area contributed by atoms with Gasteiger partial charge in [0.15, 0.2) is 0 Å². The lowest BCUT2D eigenvalue weighted by atomic mass is 9.93. The van der Waals surface area contributed by atoms with Gasteiger partial charge < -0.3 is 15.4 Å². The van der Waals surface area contributed by atoms with Crippen LogP contribution in [0, 0.1) is 0 Å². The Morgan fingerprint density at radius 1 is 0.935 bits per heavy atom. The lowest BCUT2D eigenvalue weighted by Gasteiger charge is -2.35. The summed E-state index contributed by atoms with van der Waals surface area (Å²) in [6.45, 7) is 1.79. The molecule has 0 fully saturated rings. The zero-order chi connectivity index (χ0) is 21.8. The number of nitrogens with zero attached hydrogens (tertiary/aromatic N) is 1. The third-order valence-electron chi connectivity index (χ3n) is 5.22. The molecule has 0 aliphatic carbocycles. The van der Waals surface area contributed by atoms with Crippen LogP contribution < -0.4 is 20.3 Å². The number of ether oxygens (including phenoxy) is 1. The van der Waals surface area contributed by atoms with E-state index in [1.54, 1.807) is 14.0 Å². The molecule has 0 saturated carbocycles. The maximum Gasteiger partial charge on any atom is 0.326 e. The largest absolute Gasteiger partial charge is 0.497 e. The van der Waals surface area contributed by atoms with Crippen molar-refractivity contribution in [2.75, 3.05) is 17.3 Å². The van der Waals surface area contributed by atoms with Crippen LogP contribution in [0.3, 0.4) is 0 Å². The van der Waals surface area contributed by atoms with Gasteiger partial charge in [-0.15, -0.1) is 0 Å². The molecule has 156 valence electrons. The molecule has 0 spiro atoms. The lowest BCUT2D eigenvalue weighted by Crippen LogP contribution is -2.48. The molecule has 6 heteroatoms. The molecule has 31 heavy (non-hydrogen) atoms. The van der Waals surface area contributed by atoms with Crippen LogP contribution in [-0.4, -0.2) is 19.0 Å². The molecule has 0 radical (unpaired) electrons. The van der Waals surface area contributed by atoms with E-state index in [4.69, 9.17) is 4.74 Å². The zero-order valence-corrected chi connectivity index (χ0v) is 17.3. The predicted molar refractivity (Wildman–Crippen MR) is 121 cm³/mol. The molecule has 3 aromatic carbocycles. The molecule has 1 heterocycles. The standard InChI is InChI=1S/C25H23N3O3/c1-17-22(24(29)26-19-9-5-3-6-10-19)23(18-13-15-21(31-2)16-14-18)27-25(30)28(17)20-11-7-4-8-12-20/h3-16,23H,1-2H3,(H,26,29)(H,27,30)/t23-/m0/s1. The second kappa shape index (κ2) is 8.75. The number of urea groups is 1. The maximum atomic E-state index is 13.4. The van der Waals surface area contributed by atoms with Crippen LogP contribution in [0.5, 0.6) is 5.75 Å². The SMILES string of the molecule is COc1ccc([C@@H]2NC(=O)N(c3ccccc3)C(C)=C2C(=O)Nc2ccccc2)cc1. The second-order valence-electron chi connectivity index (χ2n) is 7.15. The fourth-order valence-corrected chi connectivity index (χ4v) is 3.69. The number of benzene rings is 3. The van der Waals surface area contributed by atoms with E-state index in [0.29, 0.717) is 28.4 Å². The normalized spacial score (nSPS) is 16.0. The van der Waals surface area contributed by atoms with Crippen LogP contribution in [-0.2, 0) is 4.79 Å². The van der Waals surface area contributed by atoms with Gasteiger partial charge in [0.1, 0.15) is 5.75 Å². The first-order valence-corrected chi connectivity index (χ1v) is 9.95. The average molecular weight is 413 g/mol. The van der Waals surface area contributed by atoms with Crippen LogP contribution in [0.15, 0.2) is 96.2 Å². The number of hydrogen-bond acceptors (Lipinski definition) is 3. The Kier molecular flexibility index (Phi) is 5.71. The zero-order valence-electron chi connectivity index (χ0n) is 17.3. The van der Waals surface area contributed by atoms with Gasteiger partial charge in [-0.3, -0.25) is 9.69 Å². The van der Waals surface area contributed by atoms with Gasteiger partial charge in [0, 0.05) is 11.4 Å². The van der Waals surface area contributed by atoms with Gasteiger partial charge in [0.05, 0.1) is 24.4 Å². The molecular weight excluding hydrogens is 390 g/mol. The van der Waals surface area contributed by atoms with E-state index >= 15 is 0 Å². The van der Waals surface area contributed by atoms with Gasteiger partial charge in [-0.25, -0.2) is 4.79 Å². The van der Waals surface area contributed by atoms with Crippen molar-refractivity contribution in [1.29, 1.82) is 0 Å². The number of hydrogen-bond donors (Lipinski definition) is 2. The number of methoxy groups -OCH3 is 1. The number of amides is 3. The van der Waals surface area contributed by atoms with Crippen molar-refractivity contribution in [2.24, 2.45) is 0 Å². The Balaban J connectivity index is 1.79. The summed E-state index contributed by atoms with van der Waals surface area (Å²) in [4.78, 5) is 28.0. The smallest absolute Gasteiger partial charge is 0.326 e. The number of carbonyl (C=O) groups excluding carboxylic acids is 2. The molecule has 6 nitrogen and oxygen atoms in total. The van der Waals surface area contributed by atoms with Crippen molar-refractivity contribution in [3.05, 3.63) is 102 Å². The van der Waals surface area contributed by atoms with Crippen LogP contribution in [0.2, 0.25) is 0 Å². The lowest BCUT2D eigenvalue weighted by molar-refractivity contribution is -0.113. The molecule has 1 aliphatic rings. The third kappa shape index (κ3) is 4.14. The van der Waals surface area contributed by atoms with Crippen molar-refractivity contribution in [1.82, 2.24) is 5.32 Å². The number of rotatable bonds is 5. The van der Waals surface area contributed by atoms with E-state index in [-0.39, 0.29) is 11.9 Å². The van der Waals surface area contributed by atoms with Crippen molar-refractivity contribution < 1.29 is 14.3 Å². The highest BCUT2D eigenvalue weighted by Crippen LogP contribution is 2.34. The summed E-state index contributed by atoms with van der Waals surface area (Å²) in [5.74, 6) is 0.429. The van der Waals surface area contributed by atoms with E-state index in [9.17, 15) is 9.59 Å². The molecule has 1 aliphatic heterocycles. The number of carbonyl (C=O) groups is 2. The van der Waals surface area contributed by atoms with Crippen molar-refractivity contribution in [2.45, 2.75) is 13.0 Å². The summed E-state index contributed by atoms with van der Waals surface area (Å²) in [5, 5.41) is 5.95. The summed E-state index contributed by atoms with van der Waals surface area (Å²) in [6.07, 6.45) is 0. The van der Waals surface area contributed by atoms with Crippen LogP contribution in [0.25, 0.3) is 0 Å². The number of anilines is 2. The minimum atomic E-state index is -0.595. The summed E-state index contributed by atoms with van der Waals surface area (Å²) in [6, 6.07) is 25.0. The van der Waals surface area contributed by atoms with Crippen LogP contribution >= 0.6 is 0 Å². The topological polar surface area (TPSA) is 70.7 Å². The van der Waals surface area contributed by atoms with Gasteiger partial charge in [0.2, 0.25) is 0 Å². The van der Waals surface area contributed by atoms with Crippen LogP contribution in [0.4, 0.5) is 16.2 Å². The number of para-hydroxylation sites is 2. The Morgan fingerprint density at radius 3 is 2.16 bits per heavy atom. The number of allylic oxidation sites excluding steroid dienone is 1. The Morgan fingerprint density at radius 2 is 1.55 bits per heavy atom. The van der Waals surface area contributed by atoms with Gasteiger partial charge in [-0.2, -0.15) is 0 Å². The highest BCUT2D eigenvalue weighted by atomic mass is 16.5. The molecule has 3 aromatic rings. The first-order valence-electron chi connectivity index (χ1n) is 9.95. The molecule has 0 saturated heterocycles. The molecule has 3 amide bonds. The first-order chi connectivity index (χ1) is 15.1. The second-order valence-corrected chi connectivity index (χ2v) is 7.15. The van der Waals surface area contributed by atoms with Crippen molar-refractivity contribution in [3.8, 4) is 5.75 Å². The van der Waals surface area contributed by atoms with E-state index in [0.717, 1.165) is 5.56 Å². The van der Waals surface area contributed by atoms with E-state index in [1.807, 2.05) is 84.9 Å². The van der Waals surface area contributed by atoms with Gasteiger partial charge in [-0.1, -0.05) is 48.5 Å². The molecule has 0 aromatic heterocycles. The van der Waals surface area contributed by atoms with Crippen molar-refractivity contribution in [3.63, 3.8) is 0 Å². The van der Waals surface area contributed by atoms with Crippen molar-refractivity contribution >= 4 is 23.3 Å². The van der Waals surface area contributed by atoms with Gasteiger partial charge >= 0.3 is 6.03 Å². The monoisotopic (exact) mass is 413 g/mol. The molecular formula is C25H23N3O3. The van der Waals surface area contributed by atoms with Gasteiger partial charge in [0.25, 0.3) is 5.91 Å². The summed E-state index contributed by atoms with van der Waals surface area (Å²) in [5.41, 5.74) is 3.21. The highest BCUT2D eigenvalue weighted by Gasteiger charge is 2.36. The summed E-state index contributed by atoms with van der Waals surface area (Å²) < 4.78 is 5.24. The average Bonchev–Trinajstić information content (AvgIpc) is 2.80. The minimum Gasteiger partial charge on any atom is -0.497 e. The highest BCUT2D eigenvalue weighted by molar-refractivity contribution is 6.09. The number of nitrogens with one attached hydrogen (secondary N) is 2. The van der Waals surface area contributed by atoms with E-state index < -0.39 is 6.04 Å². The molecule has 0 unspecified atom stereocenters. The van der Waals surface area contributed by atoms with Gasteiger partial charge in [-0.05, 0) is 48.9 Å². The maximum absolute atomic E-state index is 13.4. The Hall–Kier alpha value is -4.06. The quantitative estimate of drug-likeness (QED) is 0.626. The Labute approximate surface area is 181 Å². The van der Waals surface area contributed by atoms with E-state index in [2.05, 4.69) is 10.6 Å². The minimum absolute atomic E-state index is 0.273. The summed E-state index contributed by atoms with van der Waals surface area (Å²) >= 11 is 0. The summed E-state index contributed by atoms with van der Waals surface area (Å²) in [7, 11) is 1.60. The fraction of sp³-hybridized carbons (Fsp3) is 0.120. The third-order valence-corrected chi connectivity index (χ3v) is 5.22. The Bertz CT molecular complexity index is 1110.